The van der Waals surface area contributed by atoms with E-state index in [-0.39, 0.29) is 0 Å². The average Bonchev–Trinajstić information content (AvgIpc) is 2.56. The first-order valence-corrected chi connectivity index (χ1v) is 5.70. The third-order valence-corrected chi connectivity index (χ3v) is 2.97. The summed E-state index contributed by atoms with van der Waals surface area (Å²) < 4.78 is 0. The second-order valence-corrected chi connectivity index (χ2v) is 4.84. The van der Waals surface area contributed by atoms with Crippen molar-refractivity contribution in [3.8, 4) is 0 Å². The van der Waals surface area contributed by atoms with Crippen molar-refractivity contribution in [1.29, 1.82) is 0 Å². The highest BCUT2D eigenvalue weighted by Crippen LogP contribution is 2.13. The normalized spacial score (nSPS) is 23.4. The minimum absolute atomic E-state index is 0.528. The molecule has 0 aromatic rings. The maximum atomic E-state index is 9.66. The van der Waals surface area contributed by atoms with Crippen molar-refractivity contribution >= 4 is 0 Å². The predicted octanol–water partition coefficient (Wildman–Crippen LogP) is 0.831. The summed E-state index contributed by atoms with van der Waals surface area (Å²) in [6.45, 7) is 10.3. The lowest BCUT2D eigenvalue weighted by Crippen LogP contribution is -2.39. The first-order valence-electron chi connectivity index (χ1n) is 5.70. The maximum Gasteiger partial charge on any atom is 0.0603 e. The Kier molecular flexibility index (Phi) is 4.35. The lowest BCUT2D eigenvalue weighted by molar-refractivity contribution is 0.0530. The first-order chi connectivity index (χ1) is 6.53. The van der Waals surface area contributed by atoms with E-state index in [1.165, 1.54) is 6.42 Å². The SMILES string of the molecule is CCN(CCC(C)(C)O)C1CCNC1. The maximum absolute atomic E-state index is 9.66. The highest BCUT2D eigenvalue weighted by Gasteiger charge is 2.22. The Balaban J connectivity index is 2.31. The predicted molar refractivity (Wildman–Crippen MR) is 59.4 cm³/mol. The molecular weight excluding hydrogens is 176 g/mol. The van der Waals surface area contributed by atoms with Crippen LogP contribution in [0.2, 0.25) is 0 Å². The van der Waals surface area contributed by atoms with Gasteiger partial charge in [-0.05, 0) is 39.8 Å². The van der Waals surface area contributed by atoms with Crippen LogP contribution in [0.25, 0.3) is 0 Å². The van der Waals surface area contributed by atoms with Gasteiger partial charge in [0, 0.05) is 19.1 Å². The summed E-state index contributed by atoms with van der Waals surface area (Å²) >= 11 is 0. The van der Waals surface area contributed by atoms with Crippen molar-refractivity contribution in [2.75, 3.05) is 26.2 Å². The van der Waals surface area contributed by atoms with E-state index in [2.05, 4.69) is 17.1 Å². The Morgan fingerprint density at radius 3 is 2.64 bits per heavy atom. The van der Waals surface area contributed by atoms with Crippen LogP contribution in [0.4, 0.5) is 0 Å². The largest absolute Gasteiger partial charge is 0.390 e. The van der Waals surface area contributed by atoms with Gasteiger partial charge in [0.15, 0.2) is 0 Å². The van der Waals surface area contributed by atoms with Crippen LogP contribution in [0.15, 0.2) is 0 Å². The topological polar surface area (TPSA) is 35.5 Å². The molecule has 3 heteroatoms. The molecular formula is C11H24N2O. The number of nitrogens with one attached hydrogen (secondary N) is 1. The van der Waals surface area contributed by atoms with Crippen LogP contribution in [0, 0.1) is 0 Å². The van der Waals surface area contributed by atoms with Crippen molar-refractivity contribution in [1.82, 2.24) is 10.2 Å². The molecule has 1 aliphatic heterocycles. The molecule has 0 saturated carbocycles. The first kappa shape index (κ1) is 12.0. The number of aliphatic hydroxyl groups is 1. The molecule has 0 aliphatic carbocycles. The minimum Gasteiger partial charge on any atom is -0.390 e. The number of hydrogen-bond acceptors (Lipinski definition) is 3. The molecule has 84 valence electrons. The van der Waals surface area contributed by atoms with Gasteiger partial charge in [-0.25, -0.2) is 0 Å². The van der Waals surface area contributed by atoms with Crippen LogP contribution in [-0.2, 0) is 0 Å². The fourth-order valence-corrected chi connectivity index (χ4v) is 1.97. The van der Waals surface area contributed by atoms with Crippen molar-refractivity contribution < 1.29 is 5.11 Å². The van der Waals surface area contributed by atoms with Gasteiger partial charge in [0.2, 0.25) is 0 Å². The quantitative estimate of drug-likeness (QED) is 0.690. The molecule has 14 heavy (non-hydrogen) atoms. The van der Waals surface area contributed by atoms with Crippen molar-refractivity contribution in [3.05, 3.63) is 0 Å². The van der Waals surface area contributed by atoms with Crippen LogP contribution < -0.4 is 5.32 Å². The van der Waals surface area contributed by atoms with E-state index >= 15 is 0 Å². The van der Waals surface area contributed by atoms with E-state index in [1.54, 1.807) is 0 Å². The molecule has 0 bridgehead atoms. The molecule has 1 fully saturated rings. The van der Waals surface area contributed by atoms with E-state index in [0.29, 0.717) is 6.04 Å². The van der Waals surface area contributed by atoms with Crippen LogP contribution in [-0.4, -0.2) is 47.8 Å². The third-order valence-electron chi connectivity index (χ3n) is 2.97. The zero-order valence-electron chi connectivity index (χ0n) is 9.71. The summed E-state index contributed by atoms with van der Waals surface area (Å²) in [5.41, 5.74) is -0.528. The van der Waals surface area contributed by atoms with Crippen LogP contribution in [0.5, 0.6) is 0 Å². The second-order valence-electron chi connectivity index (χ2n) is 4.84. The molecule has 0 radical (unpaired) electrons. The van der Waals surface area contributed by atoms with E-state index < -0.39 is 5.60 Å². The summed E-state index contributed by atoms with van der Waals surface area (Å²) in [5, 5.41) is 13.0. The van der Waals surface area contributed by atoms with Gasteiger partial charge < -0.3 is 10.4 Å². The van der Waals surface area contributed by atoms with Crippen LogP contribution in [0.1, 0.15) is 33.6 Å². The summed E-state index contributed by atoms with van der Waals surface area (Å²) in [5.74, 6) is 0. The summed E-state index contributed by atoms with van der Waals surface area (Å²) in [6, 6.07) is 0.683. The van der Waals surface area contributed by atoms with Crippen molar-refractivity contribution in [2.24, 2.45) is 0 Å². The van der Waals surface area contributed by atoms with Crippen molar-refractivity contribution in [2.45, 2.75) is 45.3 Å². The van der Waals surface area contributed by atoms with E-state index in [1.807, 2.05) is 13.8 Å². The Hall–Kier alpha value is -0.120. The molecule has 1 atom stereocenters. The standard InChI is InChI=1S/C11H24N2O/c1-4-13(8-6-11(2,3)14)10-5-7-12-9-10/h10,12,14H,4-9H2,1-3H3. The molecule has 0 aromatic heterocycles. The number of hydrogen-bond donors (Lipinski definition) is 2. The zero-order chi connectivity index (χ0) is 10.6. The van der Waals surface area contributed by atoms with Crippen LogP contribution >= 0.6 is 0 Å². The molecule has 0 spiro atoms. The molecule has 1 heterocycles. The number of rotatable bonds is 5. The molecule has 1 aliphatic rings. The highest BCUT2D eigenvalue weighted by atomic mass is 16.3. The third kappa shape index (κ3) is 3.95. The zero-order valence-corrected chi connectivity index (χ0v) is 9.71. The van der Waals surface area contributed by atoms with Gasteiger partial charge in [-0.3, -0.25) is 4.90 Å². The lowest BCUT2D eigenvalue weighted by Gasteiger charge is -2.29. The van der Waals surface area contributed by atoms with Gasteiger partial charge >= 0.3 is 0 Å². The fourth-order valence-electron chi connectivity index (χ4n) is 1.97. The van der Waals surface area contributed by atoms with Gasteiger partial charge in [0.25, 0.3) is 0 Å². The molecule has 1 unspecified atom stereocenters. The van der Waals surface area contributed by atoms with E-state index in [9.17, 15) is 5.11 Å². The summed E-state index contributed by atoms with van der Waals surface area (Å²) in [7, 11) is 0. The molecule has 2 N–H and O–H groups in total. The molecule has 0 aromatic carbocycles. The number of likely N-dealkylation sites (N-methyl/N-ethyl adjacent to an activating group) is 1. The van der Waals surface area contributed by atoms with E-state index in [0.717, 1.165) is 32.6 Å². The van der Waals surface area contributed by atoms with Gasteiger partial charge in [-0.2, -0.15) is 0 Å². The molecule has 1 saturated heterocycles. The van der Waals surface area contributed by atoms with Gasteiger partial charge in [-0.1, -0.05) is 6.92 Å². The van der Waals surface area contributed by atoms with Gasteiger partial charge in [0.1, 0.15) is 0 Å². The Morgan fingerprint density at radius 1 is 1.50 bits per heavy atom. The fraction of sp³-hybridized carbons (Fsp3) is 1.00. The van der Waals surface area contributed by atoms with Crippen molar-refractivity contribution in [3.63, 3.8) is 0 Å². The highest BCUT2D eigenvalue weighted by molar-refractivity contribution is 4.81. The smallest absolute Gasteiger partial charge is 0.0603 e. The monoisotopic (exact) mass is 200 g/mol. The van der Waals surface area contributed by atoms with E-state index in [4.69, 9.17) is 0 Å². The summed E-state index contributed by atoms with van der Waals surface area (Å²) in [4.78, 5) is 2.47. The van der Waals surface area contributed by atoms with Crippen LogP contribution in [0.3, 0.4) is 0 Å². The summed E-state index contributed by atoms with van der Waals surface area (Å²) in [6.07, 6.45) is 2.11. The number of nitrogens with zero attached hydrogens (tertiary/aromatic N) is 1. The molecule has 3 nitrogen and oxygen atoms in total. The van der Waals surface area contributed by atoms with Gasteiger partial charge in [0.05, 0.1) is 5.60 Å². The second kappa shape index (κ2) is 5.10. The Bertz CT molecular complexity index is 159. The molecule has 1 rings (SSSR count). The average molecular weight is 200 g/mol. The lowest BCUT2D eigenvalue weighted by atomic mass is 10.0. The Labute approximate surface area is 87.5 Å². The Morgan fingerprint density at radius 2 is 2.21 bits per heavy atom. The van der Waals surface area contributed by atoms with Gasteiger partial charge in [-0.15, -0.1) is 0 Å². The molecule has 0 amide bonds. The minimum atomic E-state index is -0.528.